The molecule has 0 spiro atoms. The molecular weight excluding hydrogens is 378 g/mol. The maximum atomic E-state index is 11.6. The van der Waals surface area contributed by atoms with Crippen molar-refractivity contribution >= 4 is 29.8 Å². The minimum absolute atomic E-state index is 0.312. The van der Waals surface area contributed by atoms with Crippen LogP contribution in [0.25, 0.3) is 0 Å². The molecule has 1 fully saturated rings. The highest BCUT2D eigenvalue weighted by Crippen LogP contribution is 2.36. The molecule has 28 heavy (non-hydrogen) atoms. The van der Waals surface area contributed by atoms with Gasteiger partial charge in [0, 0.05) is 41.0 Å². The number of ether oxygens (including phenoxy) is 4. The van der Waals surface area contributed by atoms with Crippen molar-refractivity contribution in [3.63, 3.8) is 0 Å². The summed E-state index contributed by atoms with van der Waals surface area (Å²) in [5, 5.41) is 13.6. The second-order valence-corrected chi connectivity index (χ2v) is 6.57. The highest BCUT2D eigenvalue weighted by atomic mass is 16.6. The lowest BCUT2D eigenvalue weighted by atomic mass is 9.75. The van der Waals surface area contributed by atoms with Gasteiger partial charge < -0.3 is 29.4 Å². The van der Waals surface area contributed by atoms with Crippen molar-refractivity contribution in [1.29, 1.82) is 0 Å². The number of rotatable bonds is 6. The van der Waals surface area contributed by atoms with Crippen molar-refractivity contribution in [2.24, 2.45) is 0 Å². The molecule has 0 radical (unpaired) electrons. The smallest absolute Gasteiger partial charge is 0.303 e. The first-order chi connectivity index (χ1) is 12.9. The van der Waals surface area contributed by atoms with E-state index in [2.05, 4.69) is 5.32 Å². The van der Waals surface area contributed by atoms with Gasteiger partial charge in [-0.1, -0.05) is 0 Å². The Morgan fingerprint density at radius 3 is 1.79 bits per heavy atom. The zero-order valence-corrected chi connectivity index (χ0v) is 16.3. The largest absolute Gasteiger partial charge is 0.463 e. The van der Waals surface area contributed by atoms with Crippen molar-refractivity contribution in [3.8, 4) is 0 Å². The normalized spacial score (nSPS) is 29.2. The van der Waals surface area contributed by atoms with Crippen molar-refractivity contribution in [1.82, 2.24) is 5.32 Å². The number of carbonyl (C=O) groups excluding carboxylic acids is 5. The molecule has 0 aromatic carbocycles. The zero-order chi connectivity index (χ0) is 21.6. The number of nitrogens with one attached hydrogen (secondary N) is 1. The molecule has 1 amide bonds. The third kappa shape index (κ3) is 6.48. The lowest BCUT2D eigenvalue weighted by Gasteiger charge is -2.48. The Bertz CT molecular complexity index is 648. The van der Waals surface area contributed by atoms with Crippen LogP contribution >= 0.6 is 0 Å². The van der Waals surface area contributed by atoms with E-state index in [9.17, 15) is 29.1 Å². The van der Waals surface area contributed by atoms with Crippen LogP contribution in [0.1, 0.15) is 41.0 Å². The Labute approximate surface area is 161 Å². The number of esters is 4. The monoisotopic (exact) mass is 403 g/mol. The van der Waals surface area contributed by atoms with E-state index >= 15 is 0 Å². The average Bonchev–Trinajstić information content (AvgIpc) is 2.51. The summed E-state index contributed by atoms with van der Waals surface area (Å²) in [5.74, 6) is -3.59. The first-order valence-corrected chi connectivity index (χ1v) is 8.50. The fourth-order valence-corrected chi connectivity index (χ4v) is 3.10. The molecule has 0 aromatic rings. The van der Waals surface area contributed by atoms with Crippen molar-refractivity contribution in [2.75, 3.05) is 6.61 Å². The molecule has 0 heterocycles. The predicted molar refractivity (Wildman–Crippen MR) is 90.5 cm³/mol. The number of aliphatic hydroxyl groups is 1. The topological polar surface area (TPSA) is 155 Å². The molecule has 0 aliphatic heterocycles. The van der Waals surface area contributed by atoms with E-state index in [1.54, 1.807) is 0 Å². The molecule has 1 saturated carbocycles. The van der Waals surface area contributed by atoms with Gasteiger partial charge in [-0.25, -0.2) is 0 Å². The Morgan fingerprint density at radius 2 is 1.36 bits per heavy atom. The molecule has 1 aliphatic rings. The van der Waals surface area contributed by atoms with Crippen LogP contribution in [0, 0.1) is 0 Å². The number of hydrogen-bond acceptors (Lipinski definition) is 10. The van der Waals surface area contributed by atoms with Crippen LogP contribution in [0.4, 0.5) is 0 Å². The summed E-state index contributed by atoms with van der Waals surface area (Å²) in [6, 6.07) is -1.02. The fourth-order valence-electron chi connectivity index (χ4n) is 3.10. The second-order valence-electron chi connectivity index (χ2n) is 6.57. The third-order valence-electron chi connectivity index (χ3n) is 3.93. The Balaban J connectivity index is 3.44. The maximum Gasteiger partial charge on any atom is 0.303 e. The zero-order valence-electron chi connectivity index (χ0n) is 16.3. The van der Waals surface area contributed by atoms with E-state index < -0.39 is 66.3 Å². The molecule has 5 atom stereocenters. The summed E-state index contributed by atoms with van der Waals surface area (Å²) < 4.78 is 20.4. The van der Waals surface area contributed by atoms with Crippen LogP contribution < -0.4 is 5.32 Å². The van der Waals surface area contributed by atoms with E-state index in [0.717, 1.165) is 27.7 Å². The van der Waals surface area contributed by atoms with E-state index in [0.29, 0.717) is 0 Å². The Hall–Kier alpha value is -2.69. The SMILES string of the molecule is CC(=O)N[C@@H]1C[C@](O)(COC(C)=O)[C@@H](OC(C)=O)[C@H](OC(C)=O)[C@@H]1OC(C)=O. The summed E-state index contributed by atoms with van der Waals surface area (Å²) in [7, 11) is 0. The summed E-state index contributed by atoms with van der Waals surface area (Å²) in [4.78, 5) is 57.6. The quantitative estimate of drug-likeness (QED) is 0.416. The van der Waals surface area contributed by atoms with E-state index in [1.165, 1.54) is 6.92 Å². The van der Waals surface area contributed by atoms with Crippen LogP contribution in [-0.2, 0) is 42.9 Å². The van der Waals surface area contributed by atoms with Gasteiger partial charge in [0.05, 0.1) is 6.04 Å². The van der Waals surface area contributed by atoms with Gasteiger partial charge >= 0.3 is 23.9 Å². The van der Waals surface area contributed by atoms with Crippen LogP contribution in [0.15, 0.2) is 0 Å². The lowest BCUT2D eigenvalue weighted by molar-refractivity contribution is -0.238. The number of hydrogen-bond donors (Lipinski definition) is 2. The molecule has 11 nitrogen and oxygen atoms in total. The molecule has 2 N–H and O–H groups in total. The van der Waals surface area contributed by atoms with Crippen LogP contribution in [-0.4, -0.2) is 71.5 Å². The van der Waals surface area contributed by atoms with Gasteiger partial charge in [0.1, 0.15) is 12.2 Å². The lowest BCUT2D eigenvalue weighted by Crippen LogP contribution is -2.70. The average molecular weight is 403 g/mol. The molecule has 1 rings (SSSR count). The van der Waals surface area contributed by atoms with E-state index in [-0.39, 0.29) is 6.42 Å². The first kappa shape index (κ1) is 23.3. The highest BCUT2D eigenvalue weighted by molar-refractivity contribution is 5.74. The van der Waals surface area contributed by atoms with Gasteiger partial charge in [-0.3, -0.25) is 24.0 Å². The van der Waals surface area contributed by atoms with Crippen LogP contribution in [0.2, 0.25) is 0 Å². The molecular formula is C17H25NO10. The summed E-state index contributed by atoms with van der Waals surface area (Å²) in [6.07, 6.45) is -4.56. The molecule has 0 unspecified atom stereocenters. The van der Waals surface area contributed by atoms with Gasteiger partial charge in [0.15, 0.2) is 18.3 Å². The molecule has 158 valence electrons. The Morgan fingerprint density at radius 1 is 0.857 bits per heavy atom. The number of amides is 1. The second kappa shape index (κ2) is 9.49. The minimum Gasteiger partial charge on any atom is -0.463 e. The van der Waals surface area contributed by atoms with E-state index in [4.69, 9.17) is 18.9 Å². The summed E-state index contributed by atoms with van der Waals surface area (Å²) in [5.41, 5.74) is -2.03. The van der Waals surface area contributed by atoms with Gasteiger partial charge in [0.25, 0.3) is 0 Å². The standard InChI is InChI=1S/C17H25NO10/c1-8(19)18-13-6-17(24,7-25-9(2)20)16(28-12(5)23)15(27-11(4)22)14(13)26-10(3)21/h13-16,24H,6-7H2,1-5H3,(H,18,19)/t13-,14-,15-,16+,17+/m1/s1. The van der Waals surface area contributed by atoms with Crippen molar-refractivity contribution in [2.45, 2.75) is 71.0 Å². The van der Waals surface area contributed by atoms with Gasteiger partial charge in [-0.05, 0) is 0 Å². The minimum atomic E-state index is -2.03. The molecule has 0 bridgehead atoms. The van der Waals surface area contributed by atoms with Crippen LogP contribution in [0.3, 0.4) is 0 Å². The fraction of sp³-hybridized carbons (Fsp3) is 0.706. The third-order valence-corrected chi connectivity index (χ3v) is 3.93. The Kier molecular flexibility index (Phi) is 7.91. The molecule has 0 saturated heterocycles. The van der Waals surface area contributed by atoms with Gasteiger partial charge in [-0.2, -0.15) is 0 Å². The van der Waals surface area contributed by atoms with Crippen molar-refractivity contribution < 1.29 is 48.0 Å². The number of carbonyl (C=O) groups is 5. The summed E-state index contributed by atoms with van der Waals surface area (Å²) in [6.45, 7) is 4.95. The van der Waals surface area contributed by atoms with Gasteiger partial charge in [-0.15, -0.1) is 0 Å². The first-order valence-electron chi connectivity index (χ1n) is 8.50. The summed E-state index contributed by atoms with van der Waals surface area (Å²) >= 11 is 0. The molecule has 0 aromatic heterocycles. The van der Waals surface area contributed by atoms with Gasteiger partial charge in [0.2, 0.25) is 5.91 Å². The van der Waals surface area contributed by atoms with Crippen LogP contribution in [0.5, 0.6) is 0 Å². The van der Waals surface area contributed by atoms with Crippen molar-refractivity contribution in [3.05, 3.63) is 0 Å². The molecule has 1 aliphatic carbocycles. The molecule has 11 heteroatoms. The van der Waals surface area contributed by atoms with E-state index in [1.807, 2.05) is 0 Å². The highest BCUT2D eigenvalue weighted by Gasteiger charge is 2.58. The maximum absolute atomic E-state index is 11.6. The predicted octanol–water partition coefficient (Wildman–Crippen LogP) is -1.02.